The van der Waals surface area contributed by atoms with E-state index in [2.05, 4.69) is 26.6 Å². The van der Waals surface area contributed by atoms with Gasteiger partial charge in [0.05, 0.1) is 11.1 Å². The van der Waals surface area contributed by atoms with Crippen molar-refractivity contribution in [1.82, 2.24) is 10.3 Å². The summed E-state index contributed by atoms with van der Waals surface area (Å²) in [5.41, 5.74) is 3.39. The largest absolute Gasteiger partial charge is 0.369 e. The van der Waals surface area contributed by atoms with E-state index in [-0.39, 0.29) is 5.91 Å². The quantitative estimate of drug-likeness (QED) is 0.774. The van der Waals surface area contributed by atoms with Gasteiger partial charge in [0.15, 0.2) is 0 Å². The number of hydrogen-bond acceptors (Lipinski definition) is 4. The van der Waals surface area contributed by atoms with E-state index >= 15 is 0 Å². The molecule has 5 heteroatoms. The Bertz CT molecular complexity index is 903. The zero-order valence-corrected chi connectivity index (χ0v) is 13.9. The number of carbonyl (C=O) groups excluding carboxylic acids is 1. The Morgan fingerprint density at radius 3 is 2.76 bits per heavy atom. The van der Waals surface area contributed by atoms with Crippen LogP contribution in [-0.4, -0.2) is 37.1 Å². The van der Waals surface area contributed by atoms with Crippen molar-refractivity contribution in [2.24, 2.45) is 0 Å². The smallest absolute Gasteiger partial charge is 0.257 e. The highest BCUT2D eigenvalue weighted by molar-refractivity contribution is 6.05. The maximum Gasteiger partial charge on any atom is 0.257 e. The lowest BCUT2D eigenvalue weighted by atomic mass is 10.1. The van der Waals surface area contributed by atoms with E-state index < -0.39 is 0 Å². The molecule has 2 heterocycles. The van der Waals surface area contributed by atoms with Crippen LogP contribution in [-0.2, 0) is 0 Å². The van der Waals surface area contributed by atoms with Gasteiger partial charge in [0.2, 0.25) is 0 Å². The Kier molecular flexibility index (Phi) is 4.31. The van der Waals surface area contributed by atoms with Gasteiger partial charge in [-0.1, -0.05) is 24.3 Å². The van der Waals surface area contributed by atoms with Crippen molar-refractivity contribution in [2.45, 2.75) is 0 Å². The molecule has 126 valence electrons. The number of pyridine rings is 1. The number of fused-ring (bicyclic) bond motifs is 1. The van der Waals surface area contributed by atoms with Crippen LogP contribution < -0.4 is 15.5 Å². The number of amides is 1. The predicted octanol–water partition coefficient (Wildman–Crippen LogP) is 2.90. The van der Waals surface area contributed by atoms with Crippen molar-refractivity contribution in [2.75, 3.05) is 36.4 Å². The predicted molar refractivity (Wildman–Crippen MR) is 101 cm³/mol. The van der Waals surface area contributed by atoms with Crippen molar-refractivity contribution in [3.8, 4) is 0 Å². The summed E-state index contributed by atoms with van der Waals surface area (Å²) in [6, 6.07) is 17.7. The number of nitrogens with zero attached hydrogens (tertiary/aromatic N) is 2. The van der Waals surface area contributed by atoms with E-state index in [1.165, 1.54) is 0 Å². The molecule has 0 saturated carbocycles. The van der Waals surface area contributed by atoms with Crippen molar-refractivity contribution >= 4 is 28.2 Å². The highest BCUT2D eigenvalue weighted by Gasteiger charge is 2.12. The zero-order valence-electron chi connectivity index (χ0n) is 13.9. The van der Waals surface area contributed by atoms with Crippen LogP contribution in [0.2, 0.25) is 0 Å². The van der Waals surface area contributed by atoms with E-state index in [1.807, 2.05) is 48.5 Å². The van der Waals surface area contributed by atoms with Crippen molar-refractivity contribution < 1.29 is 4.79 Å². The summed E-state index contributed by atoms with van der Waals surface area (Å²) in [5, 5.41) is 7.29. The molecule has 1 fully saturated rings. The van der Waals surface area contributed by atoms with Crippen molar-refractivity contribution in [3.05, 3.63) is 66.4 Å². The molecule has 1 saturated heterocycles. The first-order valence-corrected chi connectivity index (χ1v) is 8.51. The molecule has 0 atom stereocenters. The molecule has 4 rings (SSSR count). The lowest BCUT2D eigenvalue weighted by Crippen LogP contribution is -2.43. The summed E-state index contributed by atoms with van der Waals surface area (Å²) >= 11 is 0. The minimum absolute atomic E-state index is 0.143. The number of carbonyl (C=O) groups is 1. The Balaban J connectivity index is 1.53. The average molecular weight is 332 g/mol. The lowest BCUT2D eigenvalue weighted by Gasteiger charge is -2.29. The molecule has 1 aliphatic heterocycles. The van der Waals surface area contributed by atoms with Crippen molar-refractivity contribution in [1.29, 1.82) is 0 Å². The Labute approximate surface area is 146 Å². The molecule has 1 aromatic heterocycles. The molecule has 0 unspecified atom stereocenters. The molecular weight excluding hydrogens is 312 g/mol. The first-order chi connectivity index (χ1) is 12.3. The number of aromatic nitrogens is 1. The molecular formula is C20H20N4O. The summed E-state index contributed by atoms with van der Waals surface area (Å²) in [5.74, 6) is -0.143. The summed E-state index contributed by atoms with van der Waals surface area (Å²) in [6.45, 7) is 3.93. The van der Waals surface area contributed by atoms with Crippen LogP contribution in [0.15, 0.2) is 60.8 Å². The number of hydrogen-bond donors (Lipinski definition) is 2. The van der Waals surface area contributed by atoms with Gasteiger partial charge in [0.25, 0.3) is 5.91 Å². The Morgan fingerprint density at radius 2 is 1.88 bits per heavy atom. The third-order valence-corrected chi connectivity index (χ3v) is 4.44. The lowest BCUT2D eigenvalue weighted by molar-refractivity contribution is 0.102. The number of rotatable bonds is 3. The molecule has 25 heavy (non-hydrogen) atoms. The fourth-order valence-electron chi connectivity index (χ4n) is 3.10. The first-order valence-electron chi connectivity index (χ1n) is 8.51. The van der Waals surface area contributed by atoms with Gasteiger partial charge in [0, 0.05) is 49.1 Å². The Morgan fingerprint density at radius 1 is 1.04 bits per heavy atom. The summed E-state index contributed by atoms with van der Waals surface area (Å²) in [7, 11) is 0. The van der Waals surface area contributed by atoms with Crippen LogP contribution in [0.1, 0.15) is 10.4 Å². The second-order valence-electron chi connectivity index (χ2n) is 6.16. The van der Waals surface area contributed by atoms with Gasteiger partial charge < -0.3 is 15.5 Å². The standard InChI is InChI=1S/C20H20N4O/c25-20(16-12-15-4-1-2-7-19(15)22-14-16)23-17-5-3-6-18(13-17)24-10-8-21-9-11-24/h1-7,12-14,21H,8-11H2,(H,23,25). The van der Waals surface area contributed by atoms with E-state index in [4.69, 9.17) is 0 Å². The fraction of sp³-hybridized carbons (Fsp3) is 0.200. The topological polar surface area (TPSA) is 57.3 Å². The molecule has 1 aliphatic rings. The third kappa shape index (κ3) is 3.46. The highest BCUT2D eigenvalue weighted by Crippen LogP contribution is 2.21. The number of piperazine rings is 1. The summed E-state index contributed by atoms with van der Waals surface area (Å²) < 4.78 is 0. The first kappa shape index (κ1) is 15.6. The van der Waals surface area contributed by atoms with E-state index in [9.17, 15) is 4.79 Å². The molecule has 0 spiro atoms. The van der Waals surface area contributed by atoms with Gasteiger partial charge in [0.1, 0.15) is 0 Å². The number of anilines is 2. The normalized spacial score (nSPS) is 14.5. The maximum absolute atomic E-state index is 12.6. The van der Waals surface area contributed by atoms with Crippen LogP contribution in [0.3, 0.4) is 0 Å². The second-order valence-corrected chi connectivity index (χ2v) is 6.16. The van der Waals surface area contributed by atoms with E-state index in [1.54, 1.807) is 6.20 Å². The second kappa shape index (κ2) is 6.91. The monoisotopic (exact) mass is 332 g/mol. The number of para-hydroxylation sites is 1. The molecule has 1 amide bonds. The fourth-order valence-corrected chi connectivity index (χ4v) is 3.10. The molecule has 2 N–H and O–H groups in total. The van der Waals surface area contributed by atoms with Gasteiger partial charge >= 0.3 is 0 Å². The summed E-state index contributed by atoms with van der Waals surface area (Å²) in [4.78, 5) is 19.3. The van der Waals surface area contributed by atoms with Crippen LogP contribution in [0, 0.1) is 0 Å². The van der Waals surface area contributed by atoms with E-state index in [0.717, 1.165) is 48.5 Å². The van der Waals surface area contributed by atoms with E-state index in [0.29, 0.717) is 5.56 Å². The minimum Gasteiger partial charge on any atom is -0.369 e. The maximum atomic E-state index is 12.6. The SMILES string of the molecule is O=C(Nc1cccc(N2CCNCC2)c1)c1cnc2ccccc2c1. The zero-order chi connectivity index (χ0) is 17.1. The molecule has 0 aliphatic carbocycles. The number of benzene rings is 2. The highest BCUT2D eigenvalue weighted by atomic mass is 16.1. The molecule has 2 aromatic carbocycles. The van der Waals surface area contributed by atoms with Crippen LogP contribution in [0.25, 0.3) is 10.9 Å². The molecule has 5 nitrogen and oxygen atoms in total. The summed E-state index contributed by atoms with van der Waals surface area (Å²) in [6.07, 6.45) is 1.62. The van der Waals surface area contributed by atoms with Crippen LogP contribution >= 0.6 is 0 Å². The van der Waals surface area contributed by atoms with Gasteiger partial charge in [-0.15, -0.1) is 0 Å². The third-order valence-electron chi connectivity index (χ3n) is 4.44. The molecule has 0 radical (unpaired) electrons. The average Bonchev–Trinajstić information content (AvgIpc) is 2.68. The minimum atomic E-state index is -0.143. The molecule has 0 bridgehead atoms. The van der Waals surface area contributed by atoms with Gasteiger partial charge in [-0.05, 0) is 30.3 Å². The number of nitrogens with one attached hydrogen (secondary N) is 2. The Hall–Kier alpha value is -2.92. The van der Waals surface area contributed by atoms with Gasteiger partial charge in [-0.2, -0.15) is 0 Å². The van der Waals surface area contributed by atoms with Crippen LogP contribution in [0.4, 0.5) is 11.4 Å². The molecule has 3 aromatic rings. The van der Waals surface area contributed by atoms with Crippen molar-refractivity contribution in [3.63, 3.8) is 0 Å². The van der Waals surface area contributed by atoms with Gasteiger partial charge in [-0.3, -0.25) is 9.78 Å². The van der Waals surface area contributed by atoms with Gasteiger partial charge in [-0.25, -0.2) is 0 Å². The van der Waals surface area contributed by atoms with Crippen LogP contribution in [0.5, 0.6) is 0 Å².